The van der Waals surface area contributed by atoms with Gasteiger partial charge in [-0.15, -0.1) is 0 Å². The lowest BCUT2D eigenvalue weighted by Crippen LogP contribution is -2.11. The van der Waals surface area contributed by atoms with Gasteiger partial charge in [0, 0.05) is 12.6 Å². The lowest BCUT2D eigenvalue weighted by molar-refractivity contribution is 0.474. The third kappa shape index (κ3) is 4.07. The lowest BCUT2D eigenvalue weighted by Gasteiger charge is -2.10. The van der Waals surface area contributed by atoms with Crippen LogP contribution in [-0.4, -0.2) is 6.54 Å². The van der Waals surface area contributed by atoms with Gasteiger partial charge in [0.1, 0.15) is 17.3 Å². The van der Waals surface area contributed by atoms with Gasteiger partial charge in [-0.25, -0.2) is 4.39 Å². The first kappa shape index (κ1) is 14.5. The summed E-state index contributed by atoms with van der Waals surface area (Å²) in [6.07, 6.45) is 0. The number of hydrogen-bond donors (Lipinski definition) is 1. The third-order valence-electron chi connectivity index (χ3n) is 2.94. The van der Waals surface area contributed by atoms with Crippen molar-refractivity contribution in [3.8, 4) is 11.5 Å². The van der Waals surface area contributed by atoms with Gasteiger partial charge >= 0.3 is 0 Å². The van der Waals surface area contributed by atoms with Gasteiger partial charge < -0.3 is 10.1 Å². The molecule has 0 aliphatic carbocycles. The van der Waals surface area contributed by atoms with Crippen LogP contribution in [0.5, 0.6) is 11.5 Å². The van der Waals surface area contributed by atoms with E-state index in [0.29, 0.717) is 12.3 Å². The normalized spacial score (nSPS) is 10.6. The first-order valence-corrected chi connectivity index (χ1v) is 6.83. The zero-order valence-corrected chi connectivity index (χ0v) is 12.2. The highest BCUT2D eigenvalue weighted by Crippen LogP contribution is 2.25. The molecule has 0 saturated carbocycles. The number of rotatable bonds is 5. The second kappa shape index (κ2) is 6.53. The number of benzene rings is 2. The fraction of sp³-hybridized carbons (Fsp3) is 0.294. The molecule has 0 aromatic heterocycles. The Hall–Kier alpha value is -1.87. The summed E-state index contributed by atoms with van der Waals surface area (Å²) in [5.41, 5.74) is 3.14. The van der Waals surface area contributed by atoms with Crippen LogP contribution in [0.1, 0.15) is 23.6 Å². The van der Waals surface area contributed by atoms with Gasteiger partial charge in [0.25, 0.3) is 0 Å². The molecule has 0 atom stereocenters. The van der Waals surface area contributed by atoms with Crippen LogP contribution in [0.15, 0.2) is 36.4 Å². The van der Waals surface area contributed by atoms with Gasteiger partial charge in [0.15, 0.2) is 0 Å². The number of nitrogens with one attached hydrogen (secondary N) is 1. The molecule has 1 N–H and O–H groups in total. The van der Waals surface area contributed by atoms with Gasteiger partial charge in [-0.3, -0.25) is 0 Å². The molecule has 2 aromatic rings. The largest absolute Gasteiger partial charge is 0.457 e. The number of aryl methyl sites for hydroxylation is 2. The molecule has 2 rings (SSSR count). The first-order valence-electron chi connectivity index (χ1n) is 6.83. The smallest absolute Gasteiger partial charge is 0.130 e. The minimum Gasteiger partial charge on any atom is -0.457 e. The molecule has 106 valence electrons. The average molecular weight is 273 g/mol. The van der Waals surface area contributed by atoms with Gasteiger partial charge in [-0.2, -0.15) is 0 Å². The molecule has 0 unspecified atom stereocenters. The van der Waals surface area contributed by atoms with E-state index in [0.717, 1.165) is 29.0 Å². The van der Waals surface area contributed by atoms with E-state index < -0.39 is 0 Å². The molecule has 0 aliphatic heterocycles. The first-order chi connectivity index (χ1) is 9.56. The Kier molecular flexibility index (Phi) is 4.74. The molecule has 0 radical (unpaired) electrons. The van der Waals surface area contributed by atoms with Crippen LogP contribution in [0, 0.1) is 19.7 Å². The maximum absolute atomic E-state index is 13.6. The molecular weight excluding hydrogens is 253 g/mol. The quantitative estimate of drug-likeness (QED) is 0.874. The van der Waals surface area contributed by atoms with Crippen molar-refractivity contribution in [2.45, 2.75) is 27.3 Å². The van der Waals surface area contributed by atoms with E-state index >= 15 is 0 Å². The zero-order chi connectivity index (χ0) is 14.5. The Morgan fingerprint density at radius 3 is 2.25 bits per heavy atom. The standard InChI is InChI=1S/C17H20FNO/c1-4-19-11-14-8-15(18)10-17(9-14)20-16-6-12(2)5-13(3)7-16/h5-10,19H,4,11H2,1-3H3. The van der Waals surface area contributed by atoms with E-state index in [9.17, 15) is 4.39 Å². The Bertz CT molecular complexity index is 575. The van der Waals surface area contributed by atoms with E-state index in [2.05, 4.69) is 11.4 Å². The SMILES string of the molecule is CCNCc1cc(F)cc(Oc2cc(C)cc(C)c2)c1. The predicted molar refractivity (Wildman–Crippen MR) is 79.8 cm³/mol. The third-order valence-corrected chi connectivity index (χ3v) is 2.94. The van der Waals surface area contributed by atoms with Gasteiger partial charge in [0.2, 0.25) is 0 Å². The van der Waals surface area contributed by atoms with E-state index in [-0.39, 0.29) is 5.82 Å². The highest BCUT2D eigenvalue weighted by atomic mass is 19.1. The monoisotopic (exact) mass is 273 g/mol. The topological polar surface area (TPSA) is 21.3 Å². The summed E-state index contributed by atoms with van der Waals surface area (Å²) in [5.74, 6) is 0.991. The van der Waals surface area contributed by atoms with Crippen LogP contribution in [0.4, 0.5) is 4.39 Å². The number of hydrogen-bond acceptors (Lipinski definition) is 2. The fourth-order valence-corrected chi connectivity index (χ4v) is 2.18. The van der Waals surface area contributed by atoms with E-state index in [1.165, 1.54) is 12.1 Å². The Labute approximate surface area is 119 Å². The van der Waals surface area contributed by atoms with Crippen molar-refractivity contribution in [3.63, 3.8) is 0 Å². The molecule has 2 aromatic carbocycles. The summed E-state index contributed by atoms with van der Waals surface area (Å²) >= 11 is 0. The van der Waals surface area contributed by atoms with Gasteiger partial charge in [-0.05, 0) is 61.3 Å². The highest BCUT2D eigenvalue weighted by Gasteiger charge is 2.04. The van der Waals surface area contributed by atoms with Crippen molar-refractivity contribution in [2.24, 2.45) is 0 Å². The molecule has 0 aliphatic rings. The average Bonchev–Trinajstić information content (AvgIpc) is 2.34. The van der Waals surface area contributed by atoms with E-state index in [1.54, 1.807) is 0 Å². The molecule has 2 nitrogen and oxygen atoms in total. The summed E-state index contributed by atoms with van der Waals surface area (Å²) in [6, 6.07) is 10.8. The van der Waals surface area contributed by atoms with Gasteiger partial charge in [0.05, 0.1) is 0 Å². The van der Waals surface area contributed by atoms with Crippen molar-refractivity contribution in [3.05, 3.63) is 58.9 Å². The van der Waals surface area contributed by atoms with Crippen LogP contribution >= 0.6 is 0 Å². The van der Waals surface area contributed by atoms with Crippen LogP contribution in [0.3, 0.4) is 0 Å². The molecule has 0 saturated heterocycles. The van der Waals surface area contributed by atoms with Crippen LogP contribution in [0.25, 0.3) is 0 Å². The van der Waals surface area contributed by atoms with Crippen LogP contribution < -0.4 is 10.1 Å². The van der Waals surface area contributed by atoms with Gasteiger partial charge in [-0.1, -0.05) is 13.0 Å². The van der Waals surface area contributed by atoms with Crippen molar-refractivity contribution < 1.29 is 9.13 Å². The summed E-state index contributed by atoms with van der Waals surface area (Å²) in [4.78, 5) is 0. The fourth-order valence-electron chi connectivity index (χ4n) is 2.18. The van der Waals surface area contributed by atoms with Crippen LogP contribution in [0.2, 0.25) is 0 Å². The van der Waals surface area contributed by atoms with Crippen molar-refractivity contribution in [1.82, 2.24) is 5.32 Å². The number of ether oxygens (including phenoxy) is 1. The Morgan fingerprint density at radius 1 is 0.950 bits per heavy atom. The molecule has 0 spiro atoms. The van der Waals surface area contributed by atoms with E-state index in [4.69, 9.17) is 4.74 Å². The highest BCUT2D eigenvalue weighted by molar-refractivity contribution is 5.38. The van der Waals surface area contributed by atoms with Crippen molar-refractivity contribution >= 4 is 0 Å². The maximum Gasteiger partial charge on any atom is 0.130 e. The zero-order valence-electron chi connectivity index (χ0n) is 12.2. The second-order valence-corrected chi connectivity index (χ2v) is 5.00. The predicted octanol–water partition coefficient (Wildman–Crippen LogP) is 4.34. The summed E-state index contributed by atoms with van der Waals surface area (Å²) in [6.45, 7) is 7.54. The molecule has 0 amide bonds. The molecular formula is C17H20FNO. The lowest BCUT2D eigenvalue weighted by atomic mass is 10.1. The minimum absolute atomic E-state index is 0.278. The number of halogens is 1. The maximum atomic E-state index is 13.6. The van der Waals surface area contributed by atoms with Crippen LogP contribution in [-0.2, 0) is 6.54 Å². The molecule has 0 heterocycles. The molecule has 0 bridgehead atoms. The summed E-state index contributed by atoms with van der Waals surface area (Å²) < 4.78 is 19.4. The molecule has 3 heteroatoms. The van der Waals surface area contributed by atoms with Crippen molar-refractivity contribution in [1.29, 1.82) is 0 Å². The Balaban J connectivity index is 2.21. The summed E-state index contributed by atoms with van der Waals surface area (Å²) in [5, 5.41) is 3.18. The minimum atomic E-state index is -0.278. The van der Waals surface area contributed by atoms with Crippen molar-refractivity contribution in [2.75, 3.05) is 6.54 Å². The molecule has 20 heavy (non-hydrogen) atoms. The van der Waals surface area contributed by atoms with E-state index in [1.807, 2.05) is 39.0 Å². The second-order valence-electron chi connectivity index (χ2n) is 5.00. The summed E-state index contributed by atoms with van der Waals surface area (Å²) in [7, 11) is 0. The molecule has 0 fully saturated rings. The Morgan fingerprint density at radius 2 is 1.60 bits per heavy atom.